The van der Waals surface area contributed by atoms with Crippen molar-refractivity contribution < 1.29 is 4.74 Å². The number of nitriles is 1. The predicted octanol–water partition coefficient (Wildman–Crippen LogP) is 2.19. The molecule has 1 aromatic carbocycles. The van der Waals surface area contributed by atoms with Crippen LogP contribution in [0.25, 0.3) is 5.69 Å². The first-order chi connectivity index (χ1) is 14.6. The van der Waals surface area contributed by atoms with Gasteiger partial charge in [0.05, 0.1) is 18.0 Å². The van der Waals surface area contributed by atoms with E-state index in [0.717, 1.165) is 56.5 Å². The predicted molar refractivity (Wildman–Crippen MR) is 119 cm³/mol. The molecule has 3 rings (SSSR count). The highest BCUT2D eigenvalue weighted by Crippen LogP contribution is 2.21. The molecule has 0 aliphatic carbocycles. The number of hydrogen-bond donors (Lipinski definition) is 2. The number of para-hydroxylation sites is 1. The normalized spacial score (nSPS) is 16.4. The molecule has 0 saturated carbocycles. The third-order valence-corrected chi connectivity index (χ3v) is 5.19. The Morgan fingerprint density at radius 3 is 2.90 bits per heavy atom. The van der Waals surface area contributed by atoms with Gasteiger partial charge in [-0.15, -0.1) is 0 Å². The summed E-state index contributed by atoms with van der Waals surface area (Å²) >= 11 is 0. The average molecular weight is 410 g/mol. The monoisotopic (exact) mass is 409 g/mol. The highest BCUT2D eigenvalue weighted by molar-refractivity contribution is 5.79. The van der Waals surface area contributed by atoms with Crippen LogP contribution in [0.1, 0.15) is 31.0 Å². The summed E-state index contributed by atoms with van der Waals surface area (Å²) in [5, 5.41) is 17.5. The maximum Gasteiger partial charge on any atom is 0.193 e. The van der Waals surface area contributed by atoms with E-state index in [9.17, 15) is 5.26 Å². The molecule has 1 unspecified atom stereocenters. The van der Waals surface area contributed by atoms with Crippen LogP contribution in [0.2, 0.25) is 0 Å². The molecule has 8 nitrogen and oxygen atoms in total. The molecule has 1 saturated heterocycles. The number of ether oxygens (including phenoxy) is 1. The first-order valence-corrected chi connectivity index (χ1v) is 10.5. The Morgan fingerprint density at radius 1 is 1.43 bits per heavy atom. The van der Waals surface area contributed by atoms with E-state index in [1.165, 1.54) is 0 Å². The molecule has 1 aliphatic rings. The number of rotatable bonds is 8. The number of anilines is 1. The number of nitrogens with zero attached hydrogens (tertiary/aromatic N) is 5. The number of aromatic nitrogens is 2. The van der Waals surface area contributed by atoms with Crippen molar-refractivity contribution in [1.29, 1.82) is 5.26 Å². The fourth-order valence-electron chi connectivity index (χ4n) is 3.64. The number of aryl methyl sites for hydroxylation is 1. The van der Waals surface area contributed by atoms with Crippen molar-refractivity contribution in [3.8, 4) is 11.8 Å². The van der Waals surface area contributed by atoms with E-state index >= 15 is 0 Å². The summed E-state index contributed by atoms with van der Waals surface area (Å²) in [5.74, 6) is 1.84. The minimum atomic E-state index is 0.383. The molecular formula is C22H31N7O. The van der Waals surface area contributed by atoms with Gasteiger partial charge < -0.3 is 20.7 Å². The Morgan fingerprint density at radius 2 is 2.23 bits per heavy atom. The average Bonchev–Trinajstić information content (AvgIpc) is 3.38. The molecule has 0 spiro atoms. The van der Waals surface area contributed by atoms with Crippen molar-refractivity contribution in [3.63, 3.8) is 0 Å². The molecule has 2 heterocycles. The lowest BCUT2D eigenvalue weighted by atomic mass is 10.1. The summed E-state index contributed by atoms with van der Waals surface area (Å²) in [6, 6.07) is 11.8. The Hall–Kier alpha value is -3.05. The summed E-state index contributed by atoms with van der Waals surface area (Å²) < 4.78 is 7.12. The lowest BCUT2D eigenvalue weighted by Gasteiger charge is -2.24. The molecular weight excluding hydrogens is 378 g/mol. The number of nitrogens with two attached hydrogens (primary N) is 1. The highest BCUT2D eigenvalue weighted by atomic mass is 16.5. The van der Waals surface area contributed by atoms with Crippen molar-refractivity contribution >= 4 is 11.8 Å². The lowest BCUT2D eigenvalue weighted by Crippen LogP contribution is -2.41. The molecule has 1 aromatic heterocycles. The van der Waals surface area contributed by atoms with Crippen molar-refractivity contribution in [2.45, 2.75) is 26.2 Å². The number of nitrogens with one attached hydrogen (secondary N) is 1. The maximum absolute atomic E-state index is 9.54. The molecule has 1 fully saturated rings. The van der Waals surface area contributed by atoms with E-state index in [-0.39, 0.29) is 0 Å². The summed E-state index contributed by atoms with van der Waals surface area (Å²) in [5.41, 5.74) is 8.20. The third kappa shape index (κ3) is 5.30. The SMILES string of the molecule is CCNC(=NCCCc1nn(-c2ccccc2)c(N)c1C#N)N(C)CC1CCOC1. The fraction of sp³-hybridized carbons (Fsp3) is 0.500. The van der Waals surface area contributed by atoms with Crippen LogP contribution >= 0.6 is 0 Å². The Labute approximate surface area is 178 Å². The molecule has 8 heteroatoms. The second-order valence-electron chi connectivity index (χ2n) is 7.52. The van der Waals surface area contributed by atoms with E-state index in [2.05, 4.69) is 35.4 Å². The van der Waals surface area contributed by atoms with Gasteiger partial charge in [-0.25, -0.2) is 4.68 Å². The Kier molecular flexibility index (Phi) is 7.69. The fourth-order valence-corrected chi connectivity index (χ4v) is 3.64. The van der Waals surface area contributed by atoms with Gasteiger partial charge in [0, 0.05) is 39.2 Å². The van der Waals surface area contributed by atoms with Crippen LogP contribution in [0.3, 0.4) is 0 Å². The van der Waals surface area contributed by atoms with Crippen LogP contribution in [0, 0.1) is 17.2 Å². The van der Waals surface area contributed by atoms with Gasteiger partial charge in [-0.1, -0.05) is 18.2 Å². The highest BCUT2D eigenvalue weighted by Gasteiger charge is 2.19. The summed E-state index contributed by atoms with van der Waals surface area (Å²) in [7, 11) is 2.07. The van der Waals surface area contributed by atoms with Gasteiger partial charge >= 0.3 is 0 Å². The maximum atomic E-state index is 9.54. The number of nitrogen functional groups attached to an aromatic ring is 1. The standard InChI is InChI=1S/C22H31N7O/c1-3-25-22(28(2)15-17-11-13-30-16-17)26-12-7-10-20-19(14-23)21(24)29(27-20)18-8-5-4-6-9-18/h4-6,8-9,17H,3,7,10-13,15-16,24H2,1-2H3,(H,25,26). The zero-order chi connectivity index (χ0) is 21.3. The number of benzene rings is 1. The molecule has 160 valence electrons. The second-order valence-corrected chi connectivity index (χ2v) is 7.52. The van der Waals surface area contributed by atoms with Gasteiger partial charge in [-0.3, -0.25) is 4.99 Å². The molecule has 30 heavy (non-hydrogen) atoms. The van der Waals surface area contributed by atoms with E-state index < -0.39 is 0 Å². The van der Waals surface area contributed by atoms with Crippen molar-refractivity contribution in [1.82, 2.24) is 20.0 Å². The topological polar surface area (TPSA) is 104 Å². The number of guanidine groups is 1. The molecule has 0 bridgehead atoms. The minimum Gasteiger partial charge on any atom is -0.382 e. The van der Waals surface area contributed by atoms with Crippen molar-refractivity contribution in [2.75, 3.05) is 45.6 Å². The lowest BCUT2D eigenvalue weighted by molar-refractivity contribution is 0.181. The molecule has 0 amide bonds. The van der Waals surface area contributed by atoms with Crippen LogP contribution in [0.4, 0.5) is 5.82 Å². The minimum absolute atomic E-state index is 0.383. The first-order valence-electron chi connectivity index (χ1n) is 10.5. The molecule has 1 atom stereocenters. The summed E-state index contributed by atoms with van der Waals surface area (Å²) in [4.78, 5) is 6.93. The van der Waals surface area contributed by atoms with E-state index in [4.69, 9.17) is 15.5 Å². The quantitative estimate of drug-likeness (QED) is 0.393. The number of hydrogen-bond acceptors (Lipinski definition) is 5. The van der Waals surface area contributed by atoms with Crippen molar-refractivity contribution in [3.05, 3.63) is 41.6 Å². The van der Waals surface area contributed by atoms with Crippen LogP contribution in [0.15, 0.2) is 35.3 Å². The summed E-state index contributed by atoms with van der Waals surface area (Å²) in [6.45, 7) is 6.15. The van der Waals surface area contributed by atoms with Crippen molar-refractivity contribution in [2.24, 2.45) is 10.9 Å². The smallest absolute Gasteiger partial charge is 0.193 e. The van der Waals surface area contributed by atoms with Gasteiger partial charge in [0.1, 0.15) is 17.5 Å². The largest absolute Gasteiger partial charge is 0.382 e. The van der Waals surface area contributed by atoms with Gasteiger partial charge in [-0.05, 0) is 38.3 Å². The zero-order valence-corrected chi connectivity index (χ0v) is 17.8. The summed E-state index contributed by atoms with van der Waals surface area (Å²) in [6.07, 6.45) is 2.54. The first kappa shape index (κ1) is 21.7. The van der Waals surface area contributed by atoms with Crippen LogP contribution < -0.4 is 11.1 Å². The molecule has 0 radical (unpaired) electrons. The zero-order valence-electron chi connectivity index (χ0n) is 17.8. The van der Waals surface area contributed by atoms with Crippen LogP contribution in [-0.4, -0.2) is 60.5 Å². The third-order valence-electron chi connectivity index (χ3n) is 5.19. The van der Waals surface area contributed by atoms with Crippen LogP contribution in [0.5, 0.6) is 0 Å². The Balaban J connectivity index is 1.62. The van der Waals surface area contributed by atoms with Gasteiger partial charge in [-0.2, -0.15) is 10.4 Å². The van der Waals surface area contributed by atoms with E-state index in [1.807, 2.05) is 30.3 Å². The van der Waals surface area contributed by atoms with Gasteiger partial charge in [0.25, 0.3) is 0 Å². The van der Waals surface area contributed by atoms with Crippen LogP contribution in [-0.2, 0) is 11.2 Å². The number of aliphatic imine (C=N–C) groups is 1. The van der Waals surface area contributed by atoms with Gasteiger partial charge in [0.15, 0.2) is 5.96 Å². The molecule has 1 aliphatic heterocycles. The van der Waals surface area contributed by atoms with Gasteiger partial charge in [0.2, 0.25) is 0 Å². The Bertz CT molecular complexity index is 879. The molecule has 3 N–H and O–H groups in total. The second kappa shape index (κ2) is 10.6. The molecule has 2 aromatic rings. The van der Waals surface area contributed by atoms with E-state index in [0.29, 0.717) is 30.3 Å². The van der Waals surface area contributed by atoms with E-state index in [1.54, 1.807) is 4.68 Å².